The van der Waals surface area contributed by atoms with Crippen molar-refractivity contribution >= 4 is 5.96 Å². The molecule has 0 saturated heterocycles. The molecule has 31 heavy (non-hydrogen) atoms. The summed E-state index contributed by atoms with van der Waals surface area (Å²) < 4.78 is 0. The minimum absolute atomic E-state index is 0.0850. The van der Waals surface area contributed by atoms with Gasteiger partial charge in [-0.2, -0.15) is 0 Å². The molecule has 0 aromatic carbocycles. The van der Waals surface area contributed by atoms with Crippen molar-refractivity contribution < 1.29 is 0 Å². The lowest BCUT2D eigenvalue weighted by molar-refractivity contribution is -0.126. The molecule has 0 amide bonds. The van der Waals surface area contributed by atoms with Crippen LogP contribution < -0.4 is 11.5 Å². The second kappa shape index (κ2) is 10.5. The van der Waals surface area contributed by atoms with E-state index in [2.05, 4.69) is 6.92 Å². The Morgan fingerprint density at radius 3 is 1.10 bits per heavy atom. The van der Waals surface area contributed by atoms with Crippen molar-refractivity contribution in [3.05, 3.63) is 0 Å². The molecular weight excluding hydrogens is 378 g/mol. The Hall–Kier alpha value is -0.730. The van der Waals surface area contributed by atoms with Gasteiger partial charge in [0.2, 0.25) is 0 Å². The van der Waals surface area contributed by atoms with Gasteiger partial charge in [0.15, 0.2) is 5.96 Å². The van der Waals surface area contributed by atoms with Crippen LogP contribution in [0.4, 0.5) is 0 Å². The normalized spacial score (nSPS) is 28.2. The van der Waals surface area contributed by atoms with Gasteiger partial charge in [0, 0.05) is 5.41 Å². The van der Waals surface area contributed by atoms with Gasteiger partial charge in [-0.05, 0) is 82.0 Å². The third kappa shape index (κ3) is 4.54. The van der Waals surface area contributed by atoms with Crippen LogP contribution in [-0.2, 0) is 0 Å². The summed E-state index contributed by atoms with van der Waals surface area (Å²) in [6.07, 6.45) is 28.2. The number of hydrogen-bond acceptors (Lipinski definition) is 1. The van der Waals surface area contributed by atoms with Gasteiger partial charge in [-0.15, -0.1) is 0 Å². The van der Waals surface area contributed by atoms with Gasteiger partial charge in [0.25, 0.3) is 0 Å². The van der Waals surface area contributed by atoms with Gasteiger partial charge in [-0.25, -0.2) is 4.99 Å². The van der Waals surface area contributed by atoms with E-state index in [9.17, 15) is 0 Å². The second-order valence-electron chi connectivity index (χ2n) is 12.0. The Kier molecular flexibility index (Phi) is 7.91. The highest BCUT2D eigenvalue weighted by atomic mass is 15.1. The monoisotopic (exact) mass is 429 g/mol. The Morgan fingerprint density at radius 1 is 0.516 bits per heavy atom. The van der Waals surface area contributed by atoms with E-state index in [-0.39, 0.29) is 5.54 Å². The quantitative estimate of drug-likeness (QED) is 0.343. The molecule has 4 fully saturated rings. The van der Waals surface area contributed by atoms with Crippen LogP contribution in [0, 0.1) is 29.1 Å². The molecule has 1 unspecified atom stereocenters. The largest absolute Gasteiger partial charge is 0.370 e. The molecular formula is C28H51N3. The molecule has 4 saturated carbocycles. The van der Waals surface area contributed by atoms with Crippen molar-refractivity contribution in [3.63, 3.8) is 0 Å². The van der Waals surface area contributed by atoms with E-state index in [1.165, 1.54) is 128 Å². The number of nitrogens with two attached hydrogens (primary N) is 2. The van der Waals surface area contributed by atoms with Crippen LogP contribution in [0.15, 0.2) is 4.99 Å². The Morgan fingerprint density at radius 2 is 0.806 bits per heavy atom. The molecule has 0 aliphatic heterocycles. The fourth-order valence-electron chi connectivity index (χ4n) is 9.46. The summed E-state index contributed by atoms with van der Waals surface area (Å²) in [6.45, 7) is 2.57. The number of nitrogens with zero attached hydrogens (tertiary/aromatic N) is 1. The van der Waals surface area contributed by atoms with Crippen LogP contribution >= 0.6 is 0 Å². The number of aliphatic imine (C=N–C) groups is 1. The molecule has 4 rings (SSSR count). The van der Waals surface area contributed by atoms with Crippen molar-refractivity contribution in [1.29, 1.82) is 0 Å². The Bertz CT molecular complexity index is 526. The maximum absolute atomic E-state index is 6.30. The third-order valence-corrected chi connectivity index (χ3v) is 10.5. The summed E-state index contributed by atoms with van der Waals surface area (Å²) in [5.74, 6) is 3.49. The minimum Gasteiger partial charge on any atom is -0.370 e. The van der Waals surface area contributed by atoms with Gasteiger partial charge in [-0.3, -0.25) is 0 Å². The molecule has 4 N–H and O–H groups in total. The second-order valence-corrected chi connectivity index (χ2v) is 12.0. The van der Waals surface area contributed by atoms with E-state index >= 15 is 0 Å². The molecule has 0 aromatic rings. The van der Waals surface area contributed by atoms with E-state index in [1.54, 1.807) is 0 Å². The number of hydrogen-bond donors (Lipinski definition) is 2. The third-order valence-electron chi connectivity index (χ3n) is 10.5. The van der Waals surface area contributed by atoms with Crippen LogP contribution in [0.1, 0.15) is 135 Å². The predicted molar refractivity (Wildman–Crippen MR) is 133 cm³/mol. The van der Waals surface area contributed by atoms with Gasteiger partial charge >= 0.3 is 0 Å². The molecule has 0 aromatic heterocycles. The van der Waals surface area contributed by atoms with E-state index in [1.807, 2.05) is 0 Å². The first-order valence-corrected chi connectivity index (χ1v) is 14.2. The van der Waals surface area contributed by atoms with Crippen molar-refractivity contribution in [2.24, 2.45) is 45.5 Å². The molecule has 1 atom stereocenters. The summed E-state index contributed by atoms with van der Waals surface area (Å²) in [5, 5.41) is 0. The lowest BCUT2D eigenvalue weighted by atomic mass is 9.42. The molecule has 3 heteroatoms. The number of guanidine groups is 1. The average Bonchev–Trinajstić information content (AvgIpc) is 2.82. The summed E-state index contributed by atoms with van der Waals surface area (Å²) in [6, 6.07) is 0. The molecule has 0 bridgehead atoms. The summed E-state index contributed by atoms with van der Waals surface area (Å²) in [4.78, 5) is 5.40. The number of rotatable bonds is 6. The molecule has 0 heterocycles. The zero-order valence-electron chi connectivity index (χ0n) is 20.6. The molecule has 4 aliphatic rings. The lowest BCUT2D eigenvalue weighted by Crippen LogP contribution is -2.63. The zero-order valence-corrected chi connectivity index (χ0v) is 20.6. The average molecular weight is 430 g/mol. The van der Waals surface area contributed by atoms with Gasteiger partial charge < -0.3 is 11.5 Å². The Labute approximate surface area is 192 Å². The summed E-state index contributed by atoms with van der Waals surface area (Å²) in [7, 11) is 0. The maximum atomic E-state index is 6.30. The van der Waals surface area contributed by atoms with Crippen molar-refractivity contribution in [1.82, 2.24) is 0 Å². The van der Waals surface area contributed by atoms with Gasteiger partial charge in [-0.1, -0.05) is 77.0 Å². The van der Waals surface area contributed by atoms with E-state index < -0.39 is 0 Å². The van der Waals surface area contributed by atoms with Crippen molar-refractivity contribution in [2.75, 3.05) is 0 Å². The minimum atomic E-state index is -0.0850. The van der Waals surface area contributed by atoms with Gasteiger partial charge in [0.1, 0.15) is 0 Å². The van der Waals surface area contributed by atoms with Crippen LogP contribution in [-0.4, -0.2) is 11.5 Å². The van der Waals surface area contributed by atoms with Crippen LogP contribution in [0.3, 0.4) is 0 Å². The van der Waals surface area contributed by atoms with Crippen molar-refractivity contribution in [3.8, 4) is 0 Å². The highest BCUT2D eigenvalue weighted by molar-refractivity contribution is 5.76. The maximum Gasteiger partial charge on any atom is 0.186 e. The zero-order chi connectivity index (χ0) is 21.7. The molecule has 3 nitrogen and oxygen atoms in total. The first-order chi connectivity index (χ1) is 15.1. The summed E-state index contributed by atoms with van der Waals surface area (Å²) >= 11 is 0. The fraction of sp³-hybridized carbons (Fsp3) is 0.964. The van der Waals surface area contributed by atoms with E-state index in [4.69, 9.17) is 16.5 Å². The van der Waals surface area contributed by atoms with E-state index in [0.717, 1.165) is 17.8 Å². The fourth-order valence-corrected chi connectivity index (χ4v) is 9.46. The van der Waals surface area contributed by atoms with Gasteiger partial charge in [0.05, 0.1) is 5.54 Å². The van der Waals surface area contributed by atoms with Crippen LogP contribution in [0.2, 0.25) is 0 Å². The van der Waals surface area contributed by atoms with Crippen molar-refractivity contribution in [2.45, 2.75) is 141 Å². The SMILES string of the molecule is CC(N=C(N)N)(C1CCCCC1)C(C1CCCCC1)(C1CCCCC1)C1CCCCC1. The molecule has 178 valence electrons. The Balaban J connectivity index is 1.88. The molecule has 4 aliphatic carbocycles. The predicted octanol–water partition coefficient (Wildman–Crippen LogP) is 7.33. The summed E-state index contributed by atoms with van der Waals surface area (Å²) in [5.41, 5.74) is 12.8. The van der Waals surface area contributed by atoms with Crippen LogP contribution in [0.5, 0.6) is 0 Å². The first kappa shape index (κ1) is 23.4. The van der Waals surface area contributed by atoms with E-state index in [0.29, 0.717) is 17.3 Å². The highest BCUT2D eigenvalue weighted by Crippen LogP contribution is 2.65. The standard InChI is InChI=1S/C28H51N3/c1-27(31-26(29)30,22-14-6-2-7-15-22)28(23-16-8-3-9-17-23,24-18-10-4-11-19-24)25-20-12-5-13-21-25/h22-25H,2-21H2,1H3,(H4,29,30,31). The lowest BCUT2D eigenvalue weighted by Gasteiger charge is -2.64. The first-order valence-electron chi connectivity index (χ1n) is 14.2. The molecule has 0 spiro atoms. The van der Waals surface area contributed by atoms with Crippen LogP contribution in [0.25, 0.3) is 0 Å². The topological polar surface area (TPSA) is 64.4 Å². The molecule has 0 radical (unpaired) electrons. The smallest absolute Gasteiger partial charge is 0.186 e. The highest BCUT2D eigenvalue weighted by Gasteiger charge is 2.62.